The lowest BCUT2D eigenvalue weighted by Gasteiger charge is -2.09. The molecule has 0 aliphatic rings. The van der Waals surface area contributed by atoms with Gasteiger partial charge in [0.15, 0.2) is 0 Å². The molecule has 0 aliphatic heterocycles. The standard InChI is InChI=1S/C10H12FNOS/c1-6(2)14-8-5-3-4-7(11)9(8)10(12)13/h3-6H,1-2H3,(H2,12,13). The number of primary amides is 1. The average molecular weight is 213 g/mol. The van der Waals surface area contributed by atoms with Gasteiger partial charge >= 0.3 is 0 Å². The third kappa shape index (κ3) is 2.48. The molecule has 1 aromatic carbocycles. The highest BCUT2D eigenvalue weighted by atomic mass is 32.2. The summed E-state index contributed by atoms with van der Waals surface area (Å²) in [6, 6.07) is 4.52. The maximum absolute atomic E-state index is 13.2. The molecule has 2 N–H and O–H groups in total. The van der Waals surface area contributed by atoms with Gasteiger partial charge in [-0.05, 0) is 12.1 Å². The predicted octanol–water partition coefficient (Wildman–Crippen LogP) is 2.43. The first-order chi connectivity index (χ1) is 6.52. The van der Waals surface area contributed by atoms with Crippen molar-refractivity contribution in [3.8, 4) is 0 Å². The molecule has 14 heavy (non-hydrogen) atoms. The normalized spacial score (nSPS) is 10.6. The minimum atomic E-state index is -0.716. The van der Waals surface area contributed by atoms with Crippen LogP contribution in [-0.2, 0) is 0 Å². The Labute approximate surface area is 86.7 Å². The van der Waals surface area contributed by atoms with Crippen LogP contribution in [0.4, 0.5) is 4.39 Å². The molecule has 4 heteroatoms. The van der Waals surface area contributed by atoms with Crippen LogP contribution in [0, 0.1) is 5.82 Å². The number of carbonyl (C=O) groups excluding carboxylic acids is 1. The molecule has 0 spiro atoms. The molecule has 2 nitrogen and oxygen atoms in total. The molecule has 0 heterocycles. The highest BCUT2D eigenvalue weighted by molar-refractivity contribution is 8.00. The van der Waals surface area contributed by atoms with E-state index in [0.29, 0.717) is 4.90 Å². The largest absolute Gasteiger partial charge is 0.365 e. The summed E-state index contributed by atoms with van der Waals surface area (Å²) < 4.78 is 13.2. The molecule has 0 bridgehead atoms. The van der Waals surface area contributed by atoms with Crippen molar-refractivity contribution < 1.29 is 9.18 Å². The van der Waals surface area contributed by atoms with Crippen LogP contribution in [-0.4, -0.2) is 11.2 Å². The molecule has 76 valence electrons. The number of nitrogens with two attached hydrogens (primary N) is 1. The summed E-state index contributed by atoms with van der Waals surface area (Å²) in [7, 11) is 0. The first-order valence-corrected chi connectivity index (χ1v) is 5.15. The maximum atomic E-state index is 13.2. The highest BCUT2D eigenvalue weighted by Gasteiger charge is 2.14. The van der Waals surface area contributed by atoms with Gasteiger partial charge in [0.05, 0.1) is 5.56 Å². The molecular weight excluding hydrogens is 201 g/mol. The van der Waals surface area contributed by atoms with E-state index in [4.69, 9.17) is 5.73 Å². The fourth-order valence-electron chi connectivity index (χ4n) is 1.10. The van der Waals surface area contributed by atoms with Gasteiger partial charge in [-0.3, -0.25) is 4.79 Å². The monoisotopic (exact) mass is 213 g/mol. The van der Waals surface area contributed by atoms with Crippen LogP contribution in [0.3, 0.4) is 0 Å². The summed E-state index contributed by atoms with van der Waals surface area (Å²) in [5.74, 6) is -1.27. The van der Waals surface area contributed by atoms with E-state index >= 15 is 0 Å². The van der Waals surface area contributed by atoms with Gasteiger partial charge in [0.25, 0.3) is 5.91 Å². The Kier molecular flexibility index (Phi) is 3.52. The van der Waals surface area contributed by atoms with Gasteiger partial charge in [-0.1, -0.05) is 19.9 Å². The van der Waals surface area contributed by atoms with Gasteiger partial charge in [0.1, 0.15) is 5.82 Å². The summed E-state index contributed by atoms with van der Waals surface area (Å²) in [6.07, 6.45) is 0. The fraction of sp³-hybridized carbons (Fsp3) is 0.300. The van der Waals surface area contributed by atoms with Crippen molar-refractivity contribution in [2.75, 3.05) is 0 Å². The number of carbonyl (C=O) groups is 1. The third-order valence-corrected chi connectivity index (χ3v) is 2.65. The Bertz CT molecular complexity index is 352. The zero-order chi connectivity index (χ0) is 10.7. The number of halogens is 1. The summed E-state index contributed by atoms with van der Waals surface area (Å²) in [5.41, 5.74) is 5.09. The van der Waals surface area contributed by atoms with Gasteiger partial charge in [-0.15, -0.1) is 11.8 Å². The SMILES string of the molecule is CC(C)Sc1cccc(F)c1C(N)=O. The Balaban J connectivity index is 3.14. The van der Waals surface area contributed by atoms with Crippen LogP contribution in [0.25, 0.3) is 0 Å². The number of hydrogen-bond acceptors (Lipinski definition) is 2. The van der Waals surface area contributed by atoms with Crippen LogP contribution in [0.5, 0.6) is 0 Å². The lowest BCUT2D eigenvalue weighted by atomic mass is 10.2. The van der Waals surface area contributed by atoms with Crippen LogP contribution in [0.15, 0.2) is 23.1 Å². The molecule has 0 fully saturated rings. The van der Waals surface area contributed by atoms with Crippen molar-refractivity contribution in [2.24, 2.45) is 5.73 Å². The molecular formula is C10H12FNOS. The van der Waals surface area contributed by atoms with E-state index < -0.39 is 11.7 Å². The molecule has 0 unspecified atom stereocenters. The minimum absolute atomic E-state index is 0.00815. The second-order valence-corrected chi connectivity index (χ2v) is 4.76. The lowest BCUT2D eigenvalue weighted by molar-refractivity contribution is 0.0993. The van der Waals surface area contributed by atoms with Crippen LogP contribution in [0.2, 0.25) is 0 Å². The zero-order valence-electron chi connectivity index (χ0n) is 8.08. The zero-order valence-corrected chi connectivity index (χ0v) is 8.90. The smallest absolute Gasteiger partial charge is 0.252 e. The van der Waals surface area contributed by atoms with E-state index in [1.165, 1.54) is 17.8 Å². The van der Waals surface area contributed by atoms with Crippen molar-refractivity contribution in [2.45, 2.75) is 24.0 Å². The summed E-state index contributed by atoms with van der Waals surface area (Å²) >= 11 is 1.43. The van der Waals surface area contributed by atoms with E-state index in [2.05, 4.69) is 0 Å². The Morgan fingerprint density at radius 3 is 2.64 bits per heavy atom. The van der Waals surface area contributed by atoms with E-state index in [1.807, 2.05) is 13.8 Å². The number of thioether (sulfide) groups is 1. The molecule has 1 aromatic rings. The summed E-state index contributed by atoms with van der Waals surface area (Å²) in [5, 5.41) is 0.287. The first-order valence-electron chi connectivity index (χ1n) is 4.27. The number of hydrogen-bond donors (Lipinski definition) is 1. The van der Waals surface area contributed by atoms with E-state index in [1.54, 1.807) is 12.1 Å². The fourth-order valence-corrected chi connectivity index (χ4v) is 2.08. The van der Waals surface area contributed by atoms with Crippen LogP contribution in [0.1, 0.15) is 24.2 Å². The number of benzene rings is 1. The van der Waals surface area contributed by atoms with Crippen molar-refractivity contribution in [1.82, 2.24) is 0 Å². The highest BCUT2D eigenvalue weighted by Crippen LogP contribution is 2.27. The maximum Gasteiger partial charge on any atom is 0.252 e. The molecule has 0 saturated heterocycles. The summed E-state index contributed by atoms with van der Waals surface area (Å²) in [6.45, 7) is 3.95. The predicted molar refractivity (Wildman–Crippen MR) is 55.9 cm³/mol. The topological polar surface area (TPSA) is 43.1 Å². The van der Waals surface area contributed by atoms with Crippen molar-refractivity contribution in [3.63, 3.8) is 0 Å². The van der Waals surface area contributed by atoms with Gasteiger partial charge < -0.3 is 5.73 Å². The molecule has 0 radical (unpaired) electrons. The number of rotatable bonds is 3. The Morgan fingerprint density at radius 1 is 1.50 bits per heavy atom. The van der Waals surface area contributed by atoms with Crippen molar-refractivity contribution in [1.29, 1.82) is 0 Å². The van der Waals surface area contributed by atoms with Gasteiger partial charge in [0, 0.05) is 10.1 Å². The lowest BCUT2D eigenvalue weighted by Crippen LogP contribution is -2.14. The average Bonchev–Trinajstić information content (AvgIpc) is 2.01. The second kappa shape index (κ2) is 4.46. The second-order valence-electron chi connectivity index (χ2n) is 3.14. The molecule has 0 saturated carbocycles. The van der Waals surface area contributed by atoms with Crippen LogP contribution < -0.4 is 5.73 Å². The Hall–Kier alpha value is -1.03. The molecule has 0 aliphatic carbocycles. The molecule has 0 aromatic heterocycles. The van der Waals surface area contributed by atoms with Crippen LogP contribution >= 0.6 is 11.8 Å². The quantitative estimate of drug-likeness (QED) is 0.783. The summed E-state index contributed by atoms with van der Waals surface area (Å²) in [4.78, 5) is 11.6. The van der Waals surface area contributed by atoms with Crippen molar-refractivity contribution in [3.05, 3.63) is 29.6 Å². The van der Waals surface area contributed by atoms with E-state index in [9.17, 15) is 9.18 Å². The third-order valence-electron chi connectivity index (χ3n) is 1.58. The van der Waals surface area contributed by atoms with Gasteiger partial charge in [-0.25, -0.2) is 4.39 Å². The first kappa shape index (κ1) is 11.0. The van der Waals surface area contributed by atoms with E-state index in [0.717, 1.165) is 0 Å². The minimum Gasteiger partial charge on any atom is -0.365 e. The van der Waals surface area contributed by atoms with Gasteiger partial charge in [-0.2, -0.15) is 0 Å². The molecule has 0 atom stereocenters. The molecule has 1 amide bonds. The van der Waals surface area contributed by atoms with E-state index in [-0.39, 0.29) is 10.8 Å². The van der Waals surface area contributed by atoms with Crippen molar-refractivity contribution >= 4 is 17.7 Å². The van der Waals surface area contributed by atoms with Gasteiger partial charge in [0.2, 0.25) is 0 Å². The Morgan fingerprint density at radius 2 is 2.14 bits per heavy atom. The molecule has 1 rings (SSSR count). The number of amides is 1.